The zero-order chi connectivity index (χ0) is 21.5. The fourth-order valence-electron chi connectivity index (χ4n) is 5.91. The van der Waals surface area contributed by atoms with Gasteiger partial charge in [-0.25, -0.2) is 0 Å². The van der Waals surface area contributed by atoms with Gasteiger partial charge in [0.2, 0.25) is 5.12 Å². The van der Waals surface area contributed by atoms with Crippen molar-refractivity contribution in [3.05, 3.63) is 142 Å². The van der Waals surface area contributed by atoms with Gasteiger partial charge in [-0.05, 0) is 46.2 Å². The number of carbonyl (C=O) groups excluding carboxylic acids is 1. The van der Waals surface area contributed by atoms with Gasteiger partial charge in [0.25, 0.3) is 0 Å². The monoisotopic (exact) mass is 432 g/mol. The Morgan fingerprint density at radius 3 is 1.66 bits per heavy atom. The third kappa shape index (κ3) is 2.83. The van der Waals surface area contributed by atoms with E-state index in [9.17, 15) is 4.79 Å². The molecule has 2 bridgehead atoms. The molecule has 0 N–H and O–H groups in total. The van der Waals surface area contributed by atoms with Crippen LogP contribution in [-0.4, -0.2) is 10.9 Å². The SMILES string of the molecule is O=C(SCCCC12c3ccccc3C(c3ccccc31)c1ccccc12)c1ccccc1. The number of carbonyl (C=O) groups is 1. The molecule has 3 aliphatic rings. The summed E-state index contributed by atoms with van der Waals surface area (Å²) in [6.07, 6.45) is 1.98. The lowest BCUT2D eigenvalue weighted by Crippen LogP contribution is -2.42. The molecule has 3 aliphatic carbocycles. The number of thioether (sulfide) groups is 1. The van der Waals surface area contributed by atoms with E-state index in [4.69, 9.17) is 0 Å². The van der Waals surface area contributed by atoms with Gasteiger partial charge in [0, 0.05) is 22.6 Å². The van der Waals surface area contributed by atoms with Gasteiger partial charge in [0.05, 0.1) is 0 Å². The van der Waals surface area contributed by atoms with Crippen molar-refractivity contribution >= 4 is 16.9 Å². The molecular weight excluding hydrogens is 408 g/mol. The zero-order valence-corrected chi connectivity index (χ0v) is 18.6. The molecule has 0 saturated heterocycles. The highest BCUT2D eigenvalue weighted by molar-refractivity contribution is 8.14. The van der Waals surface area contributed by atoms with Crippen LogP contribution in [0, 0.1) is 0 Å². The van der Waals surface area contributed by atoms with Crippen molar-refractivity contribution in [2.24, 2.45) is 0 Å². The Morgan fingerprint density at radius 2 is 1.12 bits per heavy atom. The Kier molecular flexibility index (Phi) is 4.77. The molecule has 0 heterocycles. The van der Waals surface area contributed by atoms with Gasteiger partial charge in [-0.2, -0.15) is 0 Å². The van der Waals surface area contributed by atoms with Crippen molar-refractivity contribution in [3.63, 3.8) is 0 Å². The molecule has 0 atom stereocenters. The number of hydrogen-bond acceptors (Lipinski definition) is 2. The van der Waals surface area contributed by atoms with Crippen LogP contribution < -0.4 is 0 Å². The van der Waals surface area contributed by atoms with E-state index in [2.05, 4.69) is 72.8 Å². The van der Waals surface area contributed by atoms with Crippen LogP contribution in [0.1, 0.15) is 62.5 Å². The summed E-state index contributed by atoms with van der Waals surface area (Å²) in [6, 6.07) is 36.6. The van der Waals surface area contributed by atoms with Crippen LogP contribution in [-0.2, 0) is 5.41 Å². The summed E-state index contributed by atoms with van der Waals surface area (Å²) in [4.78, 5) is 12.6. The normalized spacial score (nSPS) is 19.7. The fraction of sp³-hybridized carbons (Fsp3) is 0.167. The van der Waals surface area contributed by atoms with Crippen LogP contribution in [0.15, 0.2) is 103 Å². The van der Waals surface area contributed by atoms with Crippen molar-refractivity contribution in [1.82, 2.24) is 0 Å². The summed E-state index contributed by atoms with van der Waals surface area (Å²) in [5.41, 5.74) is 9.31. The Hall–Kier alpha value is -3.10. The highest BCUT2D eigenvalue weighted by Gasteiger charge is 2.50. The summed E-state index contributed by atoms with van der Waals surface area (Å²) < 4.78 is 0. The van der Waals surface area contributed by atoms with Crippen molar-refractivity contribution in [3.8, 4) is 0 Å². The topological polar surface area (TPSA) is 17.1 Å². The van der Waals surface area contributed by atoms with Gasteiger partial charge in [-0.1, -0.05) is 115 Å². The molecule has 1 nitrogen and oxygen atoms in total. The Labute approximate surface area is 193 Å². The molecule has 0 aliphatic heterocycles. The molecule has 0 aromatic heterocycles. The molecule has 0 amide bonds. The first-order valence-corrected chi connectivity index (χ1v) is 12.3. The van der Waals surface area contributed by atoms with E-state index >= 15 is 0 Å². The van der Waals surface area contributed by atoms with Gasteiger partial charge in [0.1, 0.15) is 0 Å². The average Bonchev–Trinajstić information content (AvgIpc) is 2.87. The molecule has 156 valence electrons. The number of benzene rings is 4. The van der Waals surface area contributed by atoms with Crippen LogP contribution in [0.5, 0.6) is 0 Å². The molecule has 0 spiro atoms. The van der Waals surface area contributed by atoms with Crippen LogP contribution in [0.4, 0.5) is 0 Å². The first kappa shape index (κ1) is 19.6. The summed E-state index contributed by atoms with van der Waals surface area (Å²) in [7, 11) is 0. The molecule has 4 aromatic rings. The van der Waals surface area contributed by atoms with Crippen LogP contribution in [0.25, 0.3) is 0 Å². The lowest BCUT2D eigenvalue weighted by molar-refractivity contribution is 0.108. The van der Waals surface area contributed by atoms with Gasteiger partial charge in [0.15, 0.2) is 0 Å². The molecule has 2 heteroatoms. The second-order valence-electron chi connectivity index (χ2n) is 8.71. The van der Waals surface area contributed by atoms with E-state index < -0.39 is 0 Å². The minimum Gasteiger partial charge on any atom is -0.282 e. The maximum atomic E-state index is 12.6. The zero-order valence-electron chi connectivity index (χ0n) is 17.8. The van der Waals surface area contributed by atoms with Gasteiger partial charge in [-0.15, -0.1) is 0 Å². The lowest BCUT2D eigenvalue weighted by Gasteiger charge is -2.51. The predicted molar refractivity (Wildman–Crippen MR) is 133 cm³/mol. The van der Waals surface area contributed by atoms with E-state index in [0.29, 0.717) is 5.92 Å². The second-order valence-corrected chi connectivity index (χ2v) is 9.77. The fourth-order valence-corrected chi connectivity index (χ4v) is 6.69. The first-order valence-electron chi connectivity index (χ1n) is 11.3. The van der Waals surface area contributed by atoms with E-state index in [1.165, 1.54) is 45.1 Å². The Bertz CT molecular complexity index is 1190. The molecular formula is C30H24OS. The minimum absolute atomic E-state index is 0.144. The van der Waals surface area contributed by atoms with Crippen molar-refractivity contribution in [2.75, 3.05) is 5.75 Å². The van der Waals surface area contributed by atoms with Crippen molar-refractivity contribution in [1.29, 1.82) is 0 Å². The molecule has 0 fully saturated rings. The van der Waals surface area contributed by atoms with Gasteiger partial charge < -0.3 is 0 Å². The standard InChI is InChI=1S/C30H24OS/c31-29(21-11-2-1-3-12-21)32-20-10-19-30-25-16-7-4-13-22(25)28(23-14-5-8-17-26(23)30)24-15-6-9-18-27(24)30/h1-9,11-18,28H,10,19-20H2. The largest absolute Gasteiger partial charge is 0.282 e. The molecule has 32 heavy (non-hydrogen) atoms. The number of rotatable bonds is 5. The smallest absolute Gasteiger partial charge is 0.219 e. The molecule has 0 unspecified atom stereocenters. The maximum absolute atomic E-state index is 12.6. The highest BCUT2D eigenvalue weighted by Crippen LogP contribution is 2.60. The third-order valence-corrected chi connectivity index (χ3v) is 8.12. The van der Waals surface area contributed by atoms with Gasteiger partial charge >= 0.3 is 0 Å². The lowest BCUT2D eigenvalue weighted by atomic mass is 9.52. The van der Waals surface area contributed by atoms with Gasteiger partial charge in [-0.3, -0.25) is 4.79 Å². The minimum atomic E-state index is -0.144. The Balaban J connectivity index is 1.38. The van der Waals surface area contributed by atoms with Crippen LogP contribution >= 0.6 is 11.8 Å². The summed E-state index contributed by atoms with van der Waals surface area (Å²) >= 11 is 1.45. The quantitative estimate of drug-likeness (QED) is 0.311. The van der Waals surface area contributed by atoms with E-state index in [1.807, 2.05) is 30.3 Å². The molecule has 0 saturated carbocycles. The summed E-state index contributed by atoms with van der Waals surface area (Å²) in [6.45, 7) is 0. The number of hydrogen-bond donors (Lipinski definition) is 0. The molecule has 4 aromatic carbocycles. The highest BCUT2D eigenvalue weighted by atomic mass is 32.2. The second kappa shape index (κ2) is 7.79. The molecule has 0 radical (unpaired) electrons. The van der Waals surface area contributed by atoms with Crippen LogP contribution in [0.2, 0.25) is 0 Å². The first-order chi connectivity index (χ1) is 15.8. The van der Waals surface area contributed by atoms with E-state index in [0.717, 1.165) is 24.2 Å². The van der Waals surface area contributed by atoms with E-state index in [1.54, 1.807) is 0 Å². The van der Waals surface area contributed by atoms with Crippen molar-refractivity contribution < 1.29 is 4.79 Å². The third-order valence-electron chi connectivity index (χ3n) is 7.13. The maximum Gasteiger partial charge on any atom is 0.219 e. The predicted octanol–water partition coefficient (Wildman–Crippen LogP) is 7.18. The Morgan fingerprint density at radius 1 is 0.656 bits per heavy atom. The van der Waals surface area contributed by atoms with Crippen molar-refractivity contribution in [2.45, 2.75) is 24.2 Å². The summed E-state index contributed by atoms with van der Waals surface area (Å²) in [5.74, 6) is 1.14. The van der Waals surface area contributed by atoms with Crippen LogP contribution in [0.3, 0.4) is 0 Å². The average molecular weight is 433 g/mol. The van der Waals surface area contributed by atoms with E-state index in [-0.39, 0.29) is 10.5 Å². The molecule has 7 rings (SSSR count). The summed E-state index contributed by atoms with van der Waals surface area (Å²) in [5, 5.41) is 0.164.